The number of hydrogen-bond donors (Lipinski definition) is 0. The highest BCUT2D eigenvalue weighted by atomic mass is 15.2. The maximum atomic E-state index is 5.31. The molecule has 12 aromatic rings. The first kappa shape index (κ1) is 34.1. The van der Waals surface area contributed by atoms with Crippen molar-refractivity contribution in [2.75, 3.05) is 0 Å². The number of aromatic nitrogens is 5. The molecule has 0 atom stereocenters. The number of hydrogen-bond acceptors (Lipinski definition) is 2. The minimum absolute atomic E-state index is 0.645. The Balaban J connectivity index is 1.12. The van der Waals surface area contributed by atoms with Crippen LogP contribution in [0.1, 0.15) is 18.2 Å². The number of benzene rings is 8. The normalized spacial score (nSPS) is 12.1. The van der Waals surface area contributed by atoms with E-state index in [1.807, 2.05) is 18.2 Å². The van der Waals surface area contributed by atoms with E-state index >= 15 is 0 Å². The molecule has 12 rings (SSSR count). The van der Waals surface area contributed by atoms with Gasteiger partial charge in [0.1, 0.15) is 0 Å². The second-order valence-electron chi connectivity index (χ2n) is 15.4. The molecule has 0 unspecified atom stereocenters. The van der Waals surface area contributed by atoms with Gasteiger partial charge in [-0.25, -0.2) is 9.97 Å². The molecular formula is C55H37N5. The fourth-order valence-corrected chi connectivity index (χ4v) is 9.58. The van der Waals surface area contributed by atoms with E-state index in [-0.39, 0.29) is 0 Å². The first-order valence-electron chi connectivity index (χ1n) is 20.4. The molecule has 0 aliphatic rings. The average molecular weight is 768 g/mol. The summed E-state index contributed by atoms with van der Waals surface area (Å²) in [6.45, 7) is 6.51. The van der Waals surface area contributed by atoms with Gasteiger partial charge < -0.3 is 9.13 Å². The van der Waals surface area contributed by atoms with Crippen molar-refractivity contribution in [3.8, 4) is 28.6 Å². The van der Waals surface area contributed by atoms with Crippen LogP contribution in [0, 0.1) is 0 Å². The second-order valence-corrected chi connectivity index (χ2v) is 15.4. The third-order valence-electron chi connectivity index (χ3n) is 12.1. The molecule has 0 bridgehead atoms. The van der Waals surface area contributed by atoms with Crippen LogP contribution < -0.4 is 0 Å². The molecule has 4 heterocycles. The fourth-order valence-electron chi connectivity index (χ4n) is 9.58. The summed E-state index contributed by atoms with van der Waals surface area (Å²) in [7, 11) is 0. The summed E-state index contributed by atoms with van der Waals surface area (Å²) >= 11 is 0. The molecule has 5 nitrogen and oxygen atoms in total. The van der Waals surface area contributed by atoms with E-state index in [2.05, 4.69) is 203 Å². The zero-order chi connectivity index (χ0) is 39.9. The van der Waals surface area contributed by atoms with E-state index in [0.717, 1.165) is 77.6 Å². The van der Waals surface area contributed by atoms with Gasteiger partial charge in [0.05, 0.1) is 44.5 Å². The summed E-state index contributed by atoms with van der Waals surface area (Å²) in [5.74, 6) is 0.645. The molecule has 8 aromatic carbocycles. The van der Waals surface area contributed by atoms with Crippen LogP contribution in [0.2, 0.25) is 0 Å². The highest BCUT2D eigenvalue weighted by molar-refractivity contribution is 6.24. The lowest BCUT2D eigenvalue weighted by Crippen LogP contribution is -2.03. The van der Waals surface area contributed by atoms with Crippen LogP contribution >= 0.6 is 0 Å². The second kappa shape index (κ2) is 13.3. The van der Waals surface area contributed by atoms with E-state index in [4.69, 9.17) is 9.97 Å². The maximum Gasteiger partial charge on any atom is 0.235 e. The Kier molecular flexibility index (Phi) is 7.53. The van der Waals surface area contributed by atoms with Gasteiger partial charge in [0.15, 0.2) is 0 Å². The van der Waals surface area contributed by atoms with Crippen molar-refractivity contribution < 1.29 is 0 Å². The molecule has 4 aromatic heterocycles. The van der Waals surface area contributed by atoms with Crippen LogP contribution in [0.4, 0.5) is 0 Å². The van der Waals surface area contributed by atoms with Crippen molar-refractivity contribution in [3.63, 3.8) is 0 Å². The summed E-state index contributed by atoms with van der Waals surface area (Å²) in [5.41, 5.74) is 12.8. The molecule has 0 saturated heterocycles. The van der Waals surface area contributed by atoms with Gasteiger partial charge in [-0.3, -0.25) is 4.57 Å². The van der Waals surface area contributed by atoms with Crippen molar-refractivity contribution >= 4 is 88.3 Å². The molecule has 0 aliphatic carbocycles. The first-order valence-corrected chi connectivity index (χ1v) is 20.4. The highest BCUT2D eigenvalue weighted by Crippen LogP contribution is 2.43. The zero-order valence-electron chi connectivity index (χ0n) is 32.9. The smallest absolute Gasteiger partial charge is 0.235 e. The molecule has 0 saturated carbocycles. The first-order chi connectivity index (χ1) is 29.7. The average Bonchev–Trinajstić information content (AvgIpc) is 3.93. The van der Waals surface area contributed by atoms with Gasteiger partial charge >= 0.3 is 0 Å². The van der Waals surface area contributed by atoms with Gasteiger partial charge in [0.25, 0.3) is 0 Å². The van der Waals surface area contributed by atoms with Crippen molar-refractivity contribution in [3.05, 3.63) is 200 Å². The van der Waals surface area contributed by atoms with Crippen molar-refractivity contribution in [2.45, 2.75) is 6.92 Å². The molecular weight excluding hydrogens is 731 g/mol. The van der Waals surface area contributed by atoms with Gasteiger partial charge in [-0.05, 0) is 84.4 Å². The Hall–Kier alpha value is -8.02. The zero-order valence-corrected chi connectivity index (χ0v) is 32.9. The Bertz CT molecular complexity index is 3750. The lowest BCUT2D eigenvalue weighted by atomic mass is 10.0. The molecule has 0 N–H and O–H groups in total. The third kappa shape index (κ3) is 4.93. The fraction of sp³-hybridized carbons (Fsp3) is 0.0182. The molecule has 0 radical (unpaired) electrons. The topological polar surface area (TPSA) is 40.6 Å². The van der Waals surface area contributed by atoms with Crippen LogP contribution in [-0.4, -0.2) is 23.7 Å². The lowest BCUT2D eigenvalue weighted by molar-refractivity contribution is 1.01. The Morgan fingerprint density at radius 2 is 1.08 bits per heavy atom. The third-order valence-corrected chi connectivity index (χ3v) is 12.1. The predicted octanol–water partition coefficient (Wildman–Crippen LogP) is 14.3. The van der Waals surface area contributed by atoms with Crippen LogP contribution in [0.3, 0.4) is 0 Å². The molecule has 282 valence electrons. The van der Waals surface area contributed by atoms with Crippen molar-refractivity contribution in [2.24, 2.45) is 0 Å². The quantitative estimate of drug-likeness (QED) is 0.169. The van der Waals surface area contributed by atoms with Crippen molar-refractivity contribution in [1.29, 1.82) is 0 Å². The molecule has 0 spiro atoms. The summed E-state index contributed by atoms with van der Waals surface area (Å²) in [6.07, 6.45) is 6.37. The molecule has 60 heavy (non-hydrogen) atoms. The lowest BCUT2D eigenvalue weighted by Gasteiger charge is -2.13. The van der Waals surface area contributed by atoms with Gasteiger partial charge in [-0.15, -0.1) is 0 Å². The minimum atomic E-state index is 0.645. The standard InChI is InChI=1S/C55H37N5/c1-3-16-46-40(4-2)52-50(31-32-51-53(52)43-23-12-15-26-48(43)58(51)38-28-27-35-17-8-9-20-37(35)33-38)59(46)39-29-30-49-44(34-39)41-21-11-14-25-47(41)60(49)55-56-45-24-13-10-22-42(45)54(57-55)36-18-6-5-7-19-36/h3-34H,2H2,1H3/b16-3-. The number of allylic oxidation sites excluding steroid dienone is 1. The van der Waals surface area contributed by atoms with Crippen LogP contribution in [0.5, 0.6) is 0 Å². The highest BCUT2D eigenvalue weighted by Gasteiger charge is 2.24. The largest absolute Gasteiger partial charge is 0.309 e. The minimum Gasteiger partial charge on any atom is -0.309 e. The van der Waals surface area contributed by atoms with E-state index in [1.165, 1.54) is 32.4 Å². The number of nitrogens with zero attached hydrogens (tertiary/aromatic N) is 5. The van der Waals surface area contributed by atoms with Crippen molar-refractivity contribution in [1.82, 2.24) is 23.7 Å². The van der Waals surface area contributed by atoms with Gasteiger partial charge in [0.2, 0.25) is 5.95 Å². The number of para-hydroxylation sites is 3. The summed E-state index contributed by atoms with van der Waals surface area (Å²) in [4.78, 5) is 10.5. The SMILES string of the molecule is C=Cc1c(/C=C\C)n(-c2ccc3c(c2)c2ccccc2n3-c2nc(-c3ccccc3)c3ccccc3n2)c2ccc3c(c4ccccc4n3-c3ccc4ccccc4c3)c12. The summed E-state index contributed by atoms with van der Waals surface area (Å²) in [6, 6.07) is 62.7. The summed E-state index contributed by atoms with van der Waals surface area (Å²) in [5, 5.41) is 9.36. The van der Waals surface area contributed by atoms with E-state index in [9.17, 15) is 0 Å². The van der Waals surface area contributed by atoms with E-state index in [1.54, 1.807) is 0 Å². The van der Waals surface area contributed by atoms with Gasteiger partial charge in [-0.2, -0.15) is 0 Å². The monoisotopic (exact) mass is 767 g/mol. The molecule has 0 aliphatic heterocycles. The molecule has 5 heteroatoms. The van der Waals surface area contributed by atoms with Gasteiger partial charge in [-0.1, -0.05) is 134 Å². The van der Waals surface area contributed by atoms with Crippen LogP contribution in [0.25, 0.3) is 117 Å². The van der Waals surface area contributed by atoms with Crippen LogP contribution in [-0.2, 0) is 0 Å². The Morgan fingerprint density at radius 1 is 0.467 bits per heavy atom. The van der Waals surface area contributed by atoms with E-state index in [0.29, 0.717) is 5.95 Å². The Morgan fingerprint density at radius 3 is 1.88 bits per heavy atom. The molecule has 0 amide bonds. The van der Waals surface area contributed by atoms with E-state index < -0.39 is 0 Å². The predicted molar refractivity (Wildman–Crippen MR) is 253 cm³/mol. The maximum absolute atomic E-state index is 5.31. The van der Waals surface area contributed by atoms with Crippen LogP contribution in [0.15, 0.2) is 189 Å². The number of rotatable bonds is 6. The molecule has 0 fully saturated rings. The van der Waals surface area contributed by atoms with Gasteiger partial charge in [0, 0.05) is 54.8 Å². The number of fused-ring (bicyclic) bond motifs is 10. The summed E-state index contributed by atoms with van der Waals surface area (Å²) < 4.78 is 7.03. The Labute approximate surface area is 346 Å².